The van der Waals surface area contributed by atoms with Gasteiger partial charge in [-0.1, -0.05) is 42.8 Å². The summed E-state index contributed by atoms with van der Waals surface area (Å²) in [6.07, 6.45) is 3.13. The summed E-state index contributed by atoms with van der Waals surface area (Å²) < 4.78 is 0. The molecule has 0 aliphatic heterocycles. The number of carbonyl (C=O) groups is 1. The van der Waals surface area contributed by atoms with Gasteiger partial charge in [-0.15, -0.1) is 12.4 Å². The number of nitrogens with two attached hydrogens (primary N) is 1. The third-order valence-electron chi connectivity index (χ3n) is 5.38. The number of aromatic nitrogens is 2. The van der Waals surface area contributed by atoms with E-state index < -0.39 is 0 Å². The molecule has 0 spiro atoms. The third-order valence-corrected chi connectivity index (χ3v) is 5.38. The highest BCUT2D eigenvalue weighted by Crippen LogP contribution is 2.31. The van der Waals surface area contributed by atoms with Crippen LogP contribution in [0.2, 0.25) is 0 Å². The zero-order valence-corrected chi connectivity index (χ0v) is 16.0. The van der Waals surface area contributed by atoms with Gasteiger partial charge in [0.2, 0.25) is 5.91 Å². The minimum absolute atomic E-state index is 0. The van der Waals surface area contributed by atoms with E-state index in [2.05, 4.69) is 15.3 Å². The second kappa shape index (κ2) is 8.55. The standard InChI is InChI=1S/C21H24N4O.ClH/c22-12-16-4-3-5-17(16)21(26)23-13-14-8-10-15(11-9-14)20-24-18-6-1-2-7-19(18)25-20;/h1-2,6-11,16-17H,3-5,12-13,22H2,(H,23,26)(H,24,25);1H/t16-,17-;/m1./s1. The number of rotatable bonds is 5. The SMILES string of the molecule is Cl.NC[C@H]1CCC[C@H]1C(=O)NCc1ccc(-c2nc3ccccc3[nH]2)cc1. The number of hydrogen-bond donors (Lipinski definition) is 3. The number of para-hydroxylation sites is 2. The van der Waals surface area contributed by atoms with E-state index in [1.165, 1.54) is 0 Å². The Bertz CT molecular complexity index is 873. The molecule has 1 saturated carbocycles. The molecule has 6 heteroatoms. The highest BCUT2D eigenvalue weighted by molar-refractivity contribution is 5.85. The molecule has 0 unspecified atom stereocenters. The van der Waals surface area contributed by atoms with Gasteiger partial charge in [0.15, 0.2) is 0 Å². The number of fused-ring (bicyclic) bond motifs is 1. The monoisotopic (exact) mass is 384 g/mol. The topological polar surface area (TPSA) is 83.8 Å². The van der Waals surface area contributed by atoms with Crippen LogP contribution in [0.1, 0.15) is 24.8 Å². The molecule has 4 rings (SSSR count). The van der Waals surface area contributed by atoms with Gasteiger partial charge in [-0.25, -0.2) is 4.98 Å². The minimum atomic E-state index is 0. The number of nitrogens with one attached hydrogen (secondary N) is 2. The molecule has 1 aromatic heterocycles. The number of halogens is 1. The second-order valence-corrected chi connectivity index (χ2v) is 7.05. The first kappa shape index (κ1) is 19.4. The maximum atomic E-state index is 12.4. The molecular formula is C21H25ClN4O. The molecule has 3 aromatic rings. The summed E-state index contributed by atoms with van der Waals surface area (Å²) in [5, 5.41) is 3.07. The summed E-state index contributed by atoms with van der Waals surface area (Å²) in [7, 11) is 0. The summed E-state index contributed by atoms with van der Waals surface area (Å²) in [6.45, 7) is 1.15. The second-order valence-electron chi connectivity index (χ2n) is 7.05. The Balaban J connectivity index is 0.00000210. The Morgan fingerprint density at radius 2 is 1.93 bits per heavy atom. The summed E-state index contributed by atoms with van der Waals surface area (Å²) in [5.41, 5.74) is 9.90. The lowest BCUT2D eigenvalue weighted by molar-refractivity contribution is -0.126. The smallest absolute Gasteiger partial charge is 0.223 e. The van der Waals surface area contributed by atoms with Crippen LogP contribution in [0.4, 0.5) is 0 Å². The van der Waals surface area contributed by atoms with Crippen LogP contribution >= 0.6 is 12.4 Å². The van der Waals surface area contributed by atoms with E-state index >= 15 is 0 Å². The Morgan fingerprint density at radius 1 is 1.15 bits per heavy atom. The molecule has 0 bridgehead atoms. The van der Waals surface area contributed by atoms with E-state index in [9.17, 15) is 4.79 Å². The maximum absolute atomic E-state index is 12.4. The number of H-pyrrole nitrogens is 1. The number of hydrogen-bond acceptors (Lipinski definition) is 3. The molecule has 4 N–H and O–H groups in total. The van der Waals surface area contributed by atoms with Gasteiger partial charge in [-0.05, 0) is 43.0 Å². The van der Waals surface area contributed by atoms with Gasteiger partial charge in [0.25, 0.3) is 0 Å². The van der Waals surface area contributed by atoms with Gasteiger partial charge < -0.3 is 16.0 Å². The zero-order chi connectivity index (χ0) is 17.9. The van der Waals surface area contributed by atoms with Crippen LogP contribution in [0, 0.1) is 11.8 Å². The van der Waals surface area contributed by atoms with Crippen LogP contribution in [0.3, 0.4) is 0 Å². The molecule has 1 amide bonds. The lowest BCUT2D eigenvalue weighted by Crippen LogP contribution is -2.34. The summed E-state index contributed by atoms with van der Waals surface area (Å²) >= 11 is 0. The van der Waals surface area contributed by atoms with Gasteiger partial charge in [0, 0.05) is 18.0 Å². The molecule has 1 aliphatic rings. The molecule has 5 nitrogen and oxygen atoms in total. The number of aromatic amines is 1. The summed E-state index contributed by atoms with van der Waals surface area (Å²) in [5.74, 6) is 1.41. The summed E-state index contributed by atoms with van der Waals surface area (Å²) in [6, 6.07) is 16.2. The van der Waals surface area contributed by atoms with Crippen molar-refractivity contribution in [3.8, 4) is 11.4 Å². The van der Waals surface area contributed by atoms with E-state index in [1.54, 1.807) is 0 Å². The van der Waals surface area contributed by atoms with Crippen molar-refractivity contribution in [2.45, 2.75) is 25.8 Å². The molecule has 0 saturated heterocycles. The molecule has 1 heterocycles. The predicted octanol–water partition coefficient (Wildman–Crippen LogP) is 3.64. The average molecular weight is 385 g/mol. The number of carbonyl (C=O) groups excluding carboxylic acids is 1. The van der Waals surface area contributed by atoms with Crippen LogP contribution in [-0.2, 0) is 11.3 Å². The fourth-order valence-corrected chi connectivity index (χ4v) is 3.85. The molecule has 2 atom stereocenters. The van der Waals surface area contributed by atoms with E-state index in [-0.39, 0.29) is 24.2 Å². The fourth-order valence-electron chi connectivity index (χ4n) is 3.85. The van der Waals surface area contributed by atoms with Crippen molar-refractivity contribution < 1.29 is 4.79 Å². The van der Waals surface area contributed by atoms with Gasteiger partial charge in [-0.3, -0.25) is 4.79 Å². The number of amides is 1. The van der Waals surface area contributed by atoms with Crippen LogP contribution in [-0.4, -0.2) is 22.4 Å². The zero-order valence-electron chi connectivity index (χ0n) is 15.2. The first-order chi connectivity index (χ1) is 12.7. The Hall–Kier alpha value is -2.37. The normalized spacial score (nSPS) is 19.0. The van der Waals surface area contributed by atoms with Crippen LogP contribution in [0.25, 0.3) is 22.4 Å². The van der Waals surface area contributed by atoms with E-state index in [1.807, 2.05) is 48.5 Å². The molecule has 2 aromatic carbocycles. The molecular weight excluding hydrogens is 360 g/mol. The molecule has 1 aliphatic carbocycles. The Kier molecular flexibility index (Phi) is 6.14. The molecule has 27 heavy (non-hydrogen) atoms. The van der Waals surface area contributed by atoms with Gasteiger partial charge in [-0.2, -0.15) is 0 Å². The predicted molar refractivity (Wildman–Crippen MR) is 111 cm³/mol. The van der Waals surface area contributed by atoms with Crippen molar-refractivity contribution in [1.29, 1.82) is 0 Å². The number of imidazole rings is 1. The van der Waals surface area contributed by atoms with E-state index in [4.69, 9.17) is 5.73 Å². The van der Waals surface area contributed by atoms with Gasteiger partial charge in [0.05, 0.1) is 11.0 Å². The first-order valence-electron chi connectivity index (χ1n) is 9.26. The minimum Gasteiger partial charge on any atom is -0.352 e. The molecule has 1 fully saturated rings. The maximum Gasteiger partial charge on any atom is 0.223 e. The van der Waals surface area contributed by atoms with E-state index in [0.717, 1.165) is 47.2 Å². The lowest BCUT2D eigenvalue weighted by Gasteiger charge is -2.17. The van der Waals surface area contributed by atoms with Crippen molar-refractivity contribution in [2.24, 2.45) is 17.6 Å². The van der Waals surface area contributed by atoms with Crippen molar-refractivity contribution in [3.05, 3.63) is 54.1 Å². The largest absolute Gasteiger partial charge is 0.352 e. The third kappa shape index (κ3) is 4.15. The highest BCUT2D eigenvalue weighted by atomic mass is 35.5. The van der Waals surface area contributed by atoms with Gasteiger partial charge >= 0.3 is 0 Å². The number of benzene rings is 2. The first-order valence-corrected chi connectivity index (χ1v) is 9.26. The lowest BCUT2D eigenvalue weighted by atomic mass is 9.95. The average Bonchev–Trinajstić information content (AvgIpc) is 3.33. The Morgan fingerprint density at radius 3 is 2.67 bits per heavy atom. The molecule has 0 radical (unpaired) electrons. The van der Waals surface area contributed by atoms with Crippen molar-refractivity contribution >= 4 is 29.3 Å². The van der Waals surface area contributed by atoms with Crippen LogP contribution in [0.5, 0.6) is 0 Å². The van der Waals surface area contributed by atoms with Gasteiger partial charge in [0.1, 0.15) is 5.82 Å². The quantitative estimate of drug-likeness (QED) is 0.627. The fraction of sp³-hybridized carbons (Fsp3) is 0.333. The van der Waals surface area contributed by atoms with Crippen molar-refractivity contribution in [3.63, 3.8) is 0 Å². The highest BCUT2D eigenvalue weighted by Gasteiger charge is 2.31. The summed E-state index contributed by atoms with van der Waals surface area (Å²) in [4.78, 5) is 20.4. The number of nitrogens with zero attached hydrogens (tertiary/aromatic N) is 1. The van der Waals surface area contributed by atoms with Crippen LogP contribution < -0.4 is 11.1 Å². The van der Waals surface area contributed by atoms with Crippen molar-refractivity contribution in [1.82, 2.24) is 15.3 Å². The Labute approximate surface area is 165 Å². The van der Waals surface area contributed by atoms with Crippen molar-refractivity contribution in [2.75, 3.05) is 6.54 Å². The molecule has 142 valence electrons. The van der Waals surface area contributed by atoms with Crippen LogP contribution in [0.15, 0.2) is 48.5 Å². The van der Waals surface area contributed by atoms with E-state index in [0.29, 0.717) is 19.0 Å².